The Morgan fingerprint density at radius 2 is 2.07 bits per heavy atom. The van der Waals surface area contributed by atoms with Crippen LogP contribution in [0.15, 0.2) is 12.2 Å². The van der Waals surface area contributed by atoms with Gasteiger partial charge in [-0.05, 0) is 46.0 Å². The van der Waals surface area contributed by atoms with Crippen LogP contribution in [0.25, 0.3) is 0 Å². The lowest BCUT2D eigenvalue weighted by Crippen LogP contribution is -2.24. The number of esters is 1. The fraction of sp³-hybridized carbons (Fsp3) is 0.750. The molecule has 0 aromatic heterocycles. The first-order valence-corrected chi connectivity index (χ1v) is 5.25. The molecule has 0 amide bonds. The van der Waals surface area contributed by atoms with E-state index in [2.05, 4.69) is 6.58 Å². The zero-order valence-electron chi connectivity index (χ0n) is 9.43. The fourth-order valence-corrected chi connectivity index (χ4v) is 1.68. The average molecular weight is 196 g/mol. The monoisotopic (exact) mass is 196 g/mol. The topological polar surface area (TPSA) is 26.3 Å². The van der Waals surface area contributed by atoms with Gasteiger partial charge in [-0.3, -0.25) is 4.79 Å². The highest BCUT2D eigenvalue weighted by Gasteiger charge is 2.23. The molecule has 2 nitrogen and oxygen atoms in total. The maximum atomic E-state index is 11.3. The van der Waals surface area contributed by atoms with Gasteiger partial charge in [0, 0.05) is 6.42 Å². The summed E-state index contributed by atoms with van der Waals surface area (Å²) in [6.45, 7) is 9.58. The van der Waals surface area contributed by atoms with Gasteiger partial charge in [-0.1, -0.05) is 12.2 Å². The van der Waals surface area contributed by atoms with E-state index >= 15 is 0 Å². The van der Waals surface area contributed by atoms with Crippen LogP contribution in [0.1, 0.15) is 46.5 Å². The van der Waals surface area contributed by atoms with Crippen molar-refractivity contribution in [2.45, 2.75) is 52.1 Å². The molecule has 1 aliphatic carbocycles. The van der Waals surface area contributed by atoms with Gasteiger partial charge in [0.1, 0.15) is 5.60 Å². The summed E-state index contributed by atoms with van der Waals surface area (Å²) in [5.74, 6) is 0.602. The molecule has 0 radical (unpaired) electrons. The molecule has 0 N–H and O–H groups in total. The third-order valence-corrected chi connectivity index (χ3v) is 2.33. The summed E-state index contributed by atoms with van der Waals surface area (Å²) in [5, 5.41) is 0. The highest BCUT2D eigenvalue weighted by Crippen LogP contribution is 2.34. The van der Waals surface area contributed by atoms with Gasteiger partial charge in [0.15, 0.2) is 0 Å². The molecule has 2 heteroatoms. The summed E-state index contributed by atoms with van der Waals surface area (Å²) in [5.41, 5.74) is 0.972. The van der Waals surface area contributed by atoms with Gasteiger partial charge in [0.25, 0.3) is 0 Å². The second kappa shape index (κ2) is 4.16. The lowest BCUT2D eigenvalue weighted by Gasteiger charge is -2.28. The molecule has 0 aromatic rings. The van der Waals surface area contributed by atoms with E-state index in [9.17, 15) is 4.79 Å². The summed E-state index contributed by atoms with van der Waals surface area (Å²) in [6.07, 6.45) is 3.70. The molecular formula is C12H20O2. The van der Waals surface area contributed by atoms with Crippen molar-refractivity contribution in [3.63, 3.8) is 0 Å². The Hall–Kier alpha value is -0.790. The van der Waals surface area contributed by atoms with Crippen LogP contribution in [0.2, 0.25) is 0 Å². The molecule has 1 rings (SSSR count). The molecule has 0 atom stereocenters. The molecule has 1 saturated carbocycles. The summed E-state index contributed by atoms with van der Waals surface area (Å²) >= 11 is 0. The molecule has 80 valence electrons. The van der Waals surface area contributed by atoms with Crippen molar-refractivity contribution < 1.29 is 9.53 Å². The maximum absolute atomic E-state index is 11.3. The largest absolute Gasteiger partial charge is 0.460 e. The average Bonchev–Trinajstić information content (AvgIpc) is 1.92. The van der Waals surface area contributed by atoms with Crippen LogP contribution < -0.4 is 0 Å². The number of hydrogen-bond acceptors (Lipinski definition) is 2. The number of rotatable bonds is 3. The third kappa shape index (κ3) is 3.95. The molecule has 0 heterocycles. The van der Waals surface area contributed by atoms with Crippen molar-refractivity contribution in [1.82, 2.24) is 0 Å². The number of carbonyl (C=O) groups is 1. The van der Waals surface area contributed by atoms with E-state index in [4.69, 9.17) is 4.74 Å². The predicted octanol–water partition coefficient (Wildman–Crippen LogP) is 3.07. The molecular weight excluding hydrogens is 176 g/mol. The molecule has 0 aliphatic heterocycles. The second-order valence-corrected chi connectivity index (χ2v) is 5.15. The molecule has 0 saturated heterocycles. The van der Waals surface area contributed by atoms with E-state index in [0.717, 1.165) is 19.3 Å². The van der Waals surface area contributed by atoms with Crippen molar-refractivity contribution in [3.8, 4) is 0 Å². The molecule has 1 fully saturated rings. The van der Waals surface area contributed by atoms with Gasteiger partial charge in [0.05, 0.1) is 0 Å². The predicted molar refractivity (Wildman–Crippen MR) is 56.9 cm³/mol. The number of carbonyl (C=O) groups excluding carboxylic acids is 1. The van der Waals surface area contributed by atoms with E-state index in [1.54, 1.807) is 0 Å². The fourth-order valence-electron chi connectivity index (χ4n) is 1.68. The van der Waals surface area contributed by atoms with Crippen LogP contribution in [-0.2, 0) is 9.53 Å². The Morgan fingerprint density at radius 3 is 2.50 bits per heavy atom. The standard InChI is InChI=1S/C12H20O2/c1-9-7-10(8-9)5-6-11(13)14-12(2,3)4/h10H,1,5-8H2,2-4H3. The van der Waals surface area contributed by atoms with Gasteiger partial charge in [-0.2, -0.15) is 0 Å². The van der Waals surface area contributed by atoms with Crippen LogP contribution in [0, 0.1) is 5.92 Å². The Bertz CT molecular complexity index is 227. The number of hydrogen-bond donors (Lipinski definition) is 0. The normalized spacial score (nSPS) is 17.8. The maximum Gasteiger partial charge on any atom is 0.306 e. The van der Waals surface area contributed by atoms with E-state index in [1.807, 2.05) is 20.8 Å². The second-order valence-electron chi connectivity index (χ2n) is 5.15. The van der Waals surface area contributed by atoms with E-state index in [0.29, 0.717) is 12.3 Å². The lowest BCUT2D eigenvalue weighted by molar-refractivity contribution is -0.155. The highest BCUT2D eigenvalue weighted by atomic mass is 16.6. The Balaban J connectivity index is 2.13. The van der Waals surface area contributed by atoms with Crippen molar-refractivity contribution in [3.05, 3.63) is 12.2 Å². The van der Waals surface area contributed by atoms with Crippen LogP contribution >= 0.6 is 0 Å². The lowest BCUT2D eigenvalue weighted by atomic mass is 9.78. The molecule has 0 spiro atoms. The first-order valence-electron chi connectivity index (χ1n) is 5.25. The van der Waals surface area contributed by atoms with E-state index < -0.39 is 0 Å². The SMILES string of the molecule is C=C1CC(CCC(=O)OC(C)(C)C)C1. The molecule has 0 aromatic carbocycles. The minimum Gasteiger partial charge on any atom is -0.460 e. The minimum atomic E-state index is -0.347. The zero-order chi connectivity index (χ0) is 10.8. The first-order chi connectivity index (χ1) is 6.37. The molecule has 1 aliphatic rings. The quantitative estimate of drug-likeness (QED) is 0.512. The number of allylic oxidation sites excluding steroid dienone is 1. The molecule has 0 unspecified atom stereocenters. The van der Waals surface area contributed by atoms with Crippen molar-refractivity contribution in [1.29, 1.82) is 0 Å². The van der Waals surface area contributed by atoms with Crippen LogP contribution in [0.5, 0.6) is 0 Å². The number of ether oxygens (including phenoxy) is 1. The summed E-state index contributed by atoms with van der Waals surface area (Å²) in [7, 11) is 0. The van der Waals surface area contributed by atoms with E-state index in [1.165, 1.54) is 5.57 Å². The Kier molecular flexibility index (Phi) is 3.35. The zero-order valence-corrected chi connectivity index (χ0v) is 9.43. The third-order valence-electron chi connectivity index (χ3n) is 2.33. The van der Waals surface area contributed by atoms with E-state index in [-0.39, 0.29) is 11.6 Å². The molecule has 0 bridgehead atoms. The Labute approximate surface area is 86.3 Å². The minimum absolute atomic E-state index is 0.0741. The molecule has 14 heavy (non-hydrogen) atoms. The Morgan fingerprint density at radius 1 is 1.50 bits per heavy atom. The first kappa shape index (κ1) is 11.3. The summed E-state index contributed by atoms with van der Waals surface area (Å²) < 4.78 is 5.22. The van der Waals surface area contributed by atoms with Gasteiger partial charge in [-0.15, -0.1) is 0 Å². The van der Waals surface area contributed by atoms with Crippen molar-refractivity contribution in [2.24, 2.45) is 5.92 Å². The van der Waals surface area contributed by atoms with Crippen LogP contribution in [0.3, 0.4) is 0 Å². The van der Waals surface area contributed by atoms with Gasteiger partial charge >= 0.3 is 5.97 Å². The smallest absolute Gasteiger partial charge is 0.306 e. The van der Waals surface area contributed by atoms with Gasteiger partial charge in [0.2, 0.25) is 0 Å². The van der Waals surface area contributed by atoms with Crippen molar-refractivity contribution >= 4 is 5.97 Å². The highest BCUT2D eigenvalue weighted by molar-refractivity contribution is 5.69. The van der Waals surface area contributed by atoms with Crippen LogP contribution in [0.4, 0.5) is 0 Å². The van der Waals surface area contributed by atoms with Gasteiger partial charge < -0.3 is 4.74 Å². The van der Waals surface area contributed by atoms with Crippen molar-refractivity contribution in [2.75, 3.05) is 0 Å². The summed E-state index contributed by atoms with van der Waals surface area (Å²) in [6, 6.07) is 0. The van der Waals surface area contributed by atoms with Crippen LogP contribution in [-0.4, -0.2) is 11.6 Å². The van der Waals surface area contributed by atoms with Gasteiger partial charge in [-0.25, -0.2) is 0 Å². The summed E-state index contributed by atoms with van der Waals surface area (Å²) in [4.78, 5) is 11.3.